The molecule has 3 heterocycles. The summed E-state index contributed by atoms with van der Waals surface area (Å²) in [5.41, 5.74) is 7.40. The van der Waals surface area contributed by atoms with E-state index in [-0.39, 0.29) is 36.1 Å². The van der Waals surface area contributed by atoms with Crippen molar-refractivity contribution >= 4 is 53.0 Å². The topological polar surface area (TPSA) is 181 Å². The number of nitrogens with one attached hydrogen (secondary N) is 2. The minimum absolute atomic E-state index is 0.0116. The number of β-lactam (4-membered cyclic amide) rings is 1. The maximum absolute atomic E-state index is 12.8. The lowest BCUT2D eigenvalue weighted by molar-refractivity contribution is -0.150. The number of ether oxygens (including phenoxy) is 1. The number of H-pyrrole nitrogens is 1. The van der Waals surface area contributed by atoms with Crippen molar-refractivity contribution < 1.29 is 29.0 Å². The molecule has 35 heavy (non-hydrogen) atoms. The van der Waals surface area contributed by atoms with Gasteiger partial charge in [0.05, 0.1) is 13.0 Å². The first-order valence-electron chi connectivity index (χ1n) is 10.6. The number of anilines is 1. The van der Waals surface area contributed by atoms with Crippen LogP contribution in [0.2, 0.25) is 0 Å². The number of benzene rings is 1. The predicted octanol–water partition coefficient (Wildman–Crippen LogP) is 0.637. The molecule has 0 radical (unpaired) electrons. The number of aromatic nitrogens is 3. The van der Waals surface area contributed by atoms with Crippen LogP contribution >= 0.6 is 23.5 Å². The molecule has 0 aliphatic carbocycles. The Bertz CT molecular complexity index is 1210. The average Bonchev–Trinajstić information content (AvgIpc) is 3.31. The third-order valence-corrected chi connectivity index (χ3v) is 7.75. The molecule has 5 N–H and O–H groups in total. The normalized spacial score (nSPS) is 19.1. The van der Waals surface area contributed by atoms with Crippen molar-refractivity contribution in [3.8, 4) is 0 Å². The summed E-state index contributed by atoms with van der Waals surface area (Å²) in [6.07, 6.45) is 0.0123. The Morgan fingerprint density at radius 2 is 2.14 bits per heavy atom. The minimum Gasteiger partial charge on any atom is -0.477 e. The largest absolute Gasteiger partial charge is 0.477 e. The Balaban J connectivity index is 1.44. The monoisotopic (exact) mass is 518 g/mol. The third-order valence-electron chi connectivity index (χ3n) is 5.35. The zero-order valence-electron chi connectivity index (χ0n) is 18.5. The summed E-state index contributed by atoms with van der Waals surface area (Å²) in [6, 6.07) is 6.13. The van der Waals surface area contributed by atoms with Crippen LogP contribution in [0.3, 0.4) is 0 Å². The SMILES string of the molecule is CCOC(=O)c1nn[nH]c1SCC1=C(C(=O)O)N2C(=O)C(NC(=O)Cc3ccccc3N)[C@H]2SC1. The molecule has 1 unspecified atom stereocenters. The second kappa shape index (κ2) is 10.4. The molecule has 12 nitrogen and oxygen atoms in total. The van der Waals surface area contributed by atoms with Crippen LogP contribution in [0.5, 0.6) is 0 Å². The van der Waals surface area contributed by atoms with Crippen LogP contribution in [-0.4, -0.2) is 78.7 Å². The highest BCUT2D eigenvalue weighted by molar-refractivity contribution is 8.01. The van der Waals surface area contributed by atoms with Crippen molar-refractivity contribution in [1.82, 2.24) is 25.6 Å². The van der Waals surface area contributed by atoms with Crippen molar-refractivity contribution in [1.29, 1.82) is 0 Å². The molecule has 14 heteroatoms. The molecule has 2 aliphatic heterocycles. The van der Waals surface area contributed by atoms with Gasteiger partial charge in [0.2, 0.25) is 11.6 Å². The van der Waals surface area contributed by atoms with Crippen LogP contribution in [0.4, 0.5) is 5.69 Å². The molecule has 2 aromatic rings. The van der Waals surface area contributed by atoms with E-state index in [9.17, 15) is 24.3 Å². The number of carboxylic acids is 1. The van der Waals surface area contributed by atoms with Gasteiger partial charge >= 0.3 is 11.9 Å². The van der Waals surface area contributed by atoms with Gasteiger partial charge in [-0.05, 0) is 24.1 Å². The molecule has 2 amide bonds. The zero-order chi connectivity index (χ0) is 25.1. The van der Waals surface area contributed by atoms with Crippen LogP contribution in [0.1, 0.15) is 23.0 Å². The molecular formula is C21H22N6O6S2. The van der Waals surface area contributed by atoms with Gasteiger partial charge in [-0.25, -0.2) is 9.59 Å². The Morgan fingerprint density at radius 1 is 1.37 bits per heavy atom. The van der Waals surface area contributed by atoms with Crippen molar-refractivity contribution in [3.63, 3.8) is 0 Å². The lowest BCUT2D eigenvalue weighted by Gasteiger charge is -2.49. The van der Waals surface area contributed by atoms with Crippen molar-refractivity contribution in [2.45, 2.75) is 29.8 Å². The van der Waals surface area contributed by atoms with Gasteiger partial charge in [-0.1, -0.05) is 35.2 Å². The van der Waals surface area contributed by atoms with Crippen LogP contribution in [0, 0.1) is 0 Å². The lowest BCUT2D eigenvalue weighted by atomic mass is 10.0. The first-order valence-corrected chi connectivity index (χ1v) is 12.6. The second-order valence-corrected chi connectivity index (χ2v) is 9.68. The number of hydrogen-bond acceptors (Lipinski definition) is 10. The van der Waals surface area contributed by atoms with Gasteiger partial charge in [-0.3, -0.25) is 19.6 Å². The molecule has 1 saturated heterocycles. The van der Waals surface area contributed by atoms with Crippen molar-refractivity contribution in [3.05, 3.63) is 46.8 Å². The molecule has 0 bridgehead atoms. The Hall–Kier alpha value is -3.52. The number of aromatic amines is 1. The van der Waals surface area contributed by atoms with Gasteiger partial charge in [-0.2, -0.15) is 0 Å². The van der Waals surface area contributed by atoms with Gasteiger partial charge in [-0.15, -0.1) is 16.9 Å². The number of rotatable bonds is 9. The summed E-state index contributed by atoms with van der Waals surface area (Å²) in [7, 11) is 0. The van der Waals surface area contributed by atoms with Gasteiger partial charge in [0.1, 0.15) is 22.1 Å². The van der Waals surface area contributed by atoms with Gasteiger partial charge in [0.15, 0.2) is 0 Å². The van der Waals surface area contributed by atoms with E-state index in [2.05, 4.69) is 20.7 Å². The van der Waals surface area contributed by atoms with Gasteiger partial charge < -0.3 is 20.9 Å². The number of aliphatic carboxylic acids is 1. The molecule has 2 aliphatic rings. The average molecular weight is 519 g/mol. The van der Waals surface area contributed by atoms with E-state index in [0.717, 1.165) is 11.8 Å². The third kappa shape index (κ3) is 4.98. The summed E-state index contributed by atoms with van der Waals surface area (Å²) >= 11 is 2.50. The summed E-state index contributed by atoms with van der Waals surface area (Å²) in [6.45, 7) is 1.84. The van der Waals surface area contributed by atoms with E-state index in [4.69, 9.17) is 10.5 Å². The molecular weight excluding hydrogens is 496 g/mol. The van der Waals surface area contributed by atoms with Crippen LogP contribution in [0.15, 0.2) is 40.6 Å². The van der Waals surface area contributed by atoms with Crippen LogP contribution in [-0.2, 0) is 25.5 Å². The van der Waals surface area contributed by atoms with Gasteiger partial charge in [0, 0.05) is 17.2 Å². The fourth-order valence-corrected chi connectivity index (χ4v) is 6.10. The number of carbonyl (C=O) groups is 4. The fourth-order valence-electron chi connectivity index (χ4n) is 3.70. The Labute approximate surface area is 208 Å². The van der Waals surface area contributed by atoms with Crippen molar-refractivity contribution in [2.75, 3.05) is 23.8 Å². The maximum atomic E-state index is 12.8. The molecule has 1 fully saturated rings. The van der Waals surface area contributed by atoms with Crippen LogP contribution < -0.4 is 11.1 Å². The Kier molecular flexibility index (Phi) is 7.31. The molecule has 2 atom stereocenters. The van der Waals surface area contributed by atoms with E-state index in [1.807, 2.05) is 0 Å². The second-order valence-electron chi connectivity index (χ2n) is 7.59. The van der Waals surface area contributed by atoms with E-state index < -0.39 is 29.3 Å². The first kappa shape index (κ1) is 24.6. The quantitative estimate of drug-likeness (QED) is 0.158. The molecule has 0 spiro atoms. The number of nitrogens with two attached hydrogens (primary N) is 1. The number of hydrogen-bond donors (Lipinski definition) is 4. The number of fused-ring (bicyclic) bond motifs is 1. The number of para-hydroxylation sites is 1. The molecule has 1 aromatic heterocycles. The van der Waals surface area contributed by atoms with Gasteiger partial charge in [0.25, 0.3) is 5.91 Å². The molecule has 1 aromatic carbocycles. The standard InChI is InChI=1S/C21H22N6O6S2/c1-2-33-21(32)14-17(25-26-24-14)34-8-11-9-35-19-15(18(29)27(19)16(11)20(30)31)23-13(28)7-10-5-3-4-6-12(10)22/h3-6,15,19H,2,7-9,22H2,1H3,(H,23,28)(H,30,31)(H,24,25,26)/t15?,19-/m1/s1. The number of nitrogen functional groups attached to an aromatic ring is 1. The first-order chi connectivity index (χ1) is 16.8. The smallest absolute Gasteiger partial charge is 0.361 e. The van der Waals surface area contributed by atoms with E-state index >= 15 is 0 Å². The molecule has 184 valence electrons. The number of esters is 1. The fraction of sp³-hybridized carbons (Fsp3) is 0.333. The highest BCUT2D eigenvalue weighted by Gasteiger charge is 2.54. The lowest BCUT2D eigenvalue weighted by Crippen LogP contribution is -2.70. The predicted molar refractivity (Wildman–Crippen MR) is 127 cm³/mol. The van der Waals surface area contributed by atoms with E-state index in [1.165, 1.54) is 16.7 Å². The van der Waals surface area contributed by atoms with E-state index in [1.54, 1.807) is 31.2 Å². The molecule has 0 saturated carbocycles. The van der Waals surface area contributed by atoms with Crippen LogP contribution in [0.25, 0.3) is 0 Å². The molecule has 4 rings (SSSR count). The van der Waals surface area contributed by atoms with Crippen molar-refractivity contribution in [2.24, 2.45) is 0 Å². The number of thioether (sulfide) groups is 2. The number of nitrogens with zero attached hydrogens (tertiary/aromatic N) is 3. The summed E-state index contributed by atoms with van der Waals surface area (Å²) < 4.78 is 4.94. The number of amides is 2. The maximum Gasteiger partial charge on any atom is 0.361 e. The highest BCUT2D eigenvalue weighted by atomic mass is 32.2. The number of carboxylic acid groups (broad SMARTS) is 1. The zero-order valence-corrected chi connectivity index (χ0v) is 20.1. The number of carbonyl (C=O) groups excluding carboxylic acids is 3. The summed E-state index contributed by atoms with van der Waals surface area (Å²) in [4.78, 5) is 50.6. The Morgan fingerprint density at radius 3 is 2.86 bits per heavy atom. The highest BCUT2D eigenvalue weighted by Crippen LogP contribution is 2.41. The summed E-state index contributed by atoms with van der Waals surface area (Å²) in [5, 5.41) is 22.3. The van der Waals surface area contributed by atoms with E-state index in [0.29, 0.717) is 27.6 Å². The summed E-state index contributed by atoms with van der Waals surface area (Å²) in [5.74, 6) is -2.23. The minimum atomic E-state index is -1.24.